The lowest BCUT2D eigenvalue weighted by Gasteiger charge is -2.14. The van der Waals surface area contributed by atoms with Gasteiger partial charge in [-0.1, -0.05) is 36.0 Å². The molecule has 130 valence electrons. The van der Waals surface area contributed by atoms with Gasteiger partial charge >= 0.3 is 0 Å². The summed E-state index contributed by atoms with van der Waals surface area (Å²) in [6, 6.07) is 14.0. The highest BCUT2D eigenvalue weighted by atomic mass is 32.2. The highest BCUT2D eigenvalue weighted by Crippen LogP contribution is 2.24. The van der Waals surface area contributed by atoms with Gasteiger partial charge in [0, 0.05) is 19.3 Å². The van der Waals surface area contributed by atoms with Crippen LogP contribution in [-0.4, -0.2) is 38.6 Å². The van der Waals surface area contributed by atoms with E-state index in [1.54, 1.807) is 49.5 Å². The number of rotatable bonds is 4. The van der Waals surface area contributed by atoms with E-state index in [9.17, 15) is 14.4 Å². The number of carbonyl (C=O) groups is 2. The monoisotopic (exact) mass is 365 g/mol. The van der Waals surface area contributed by atoms with Crippen LogP contribution in [0.25, 0.3) is 10.9 Å². The quantitative estimate of drug-likeness (QED) is 0.403. The number of para-hydroxylation sites is 1. The summed E-state index contributed by atoms with van der Waals surface area (Å²) in [6.45, 7) is 0.264. The number of amides is 2. The molecule has 0 unspecified atom stereocenters. The van der Waals surface area contributed by atoms with Crippen molar-refractivity contribution in [3.8, 4) is 0 Å². The smallest absolute Gasteiger partial charge is 0.261 e. The first-order valence-electron chi connectivity index (χ1n) is 8.11. The predicted octanol–water partition coefficient (Wildman–Crippen LogP) is 2.32. The Morgan fingerprint density at radius 3 is 2.23 bits per heavy atom. The first-order chi connectivity index (χ1) is 12.6. The molecule has 4 rings (SSSR count). The molecule has 2 heterocycles. The third-order valence-corrected chi connectivity index (χ3v) is 5.38. The minimum absolute atomic E-state index is 0.112. The van der Waals surface area contributed by atoms with Crippen molar-refractivity contribution in [3.05, 3.63) is 70.0 Å². The molecular formula is C19H15N3O3S. The van der Waals surface area contributed by atoms with Crippen LogP contribution < -0.4 is 5.56 Å². The molecule has 26 heavy (non-hydrogen) atoms. The molecule has 0 N–H and O–H groups in total. The first-order valence-corrected chi connectivity index (χ1v) is 9.10. The highest BCUT2D eigenvalue weighted by molar-refractivity contribution is 7.99. The summed E-state index contributed by atoms with van der Waals surface area (Å²) in [5.41, 5.74) is 1.41. The minimum Gasteiger partial charge on any atom is -0.290 e. The second-order valence-corrected chi connectivity index (χ2v) is 6.99. The van der Waals surface area contributed by atoms with Crippen LogP contribution in [0, 0.1) is 0 Å². The van der Waals surface area contributed by atoms with Gasteiger partial charge in [-0.25, -0.2) is 4.98 Å². The van der Waals surface area contributed by atoms with Gasteiger partial charge in [0.05, 0.1) is 22.0 Å². The molecular weight excluding hydrogens is 350 g/mol. The number of thioether (sulfide) groups is 1. The van der Waals surface area contributed by atoms with Gasteiger partial charge in [-0.2, -0.15) is 0 Å². The second kappa shape index (κ2) is 6.42. The molecule has 0 spiro atoms. The van der Waals surface area contributed by atoms with Gasteiger partial charge in [0.15, 0.2) is 5.16 Å². The Hall–Kier alpha value is -2.93. The van der Waals surface area contributed by atoms with Crippen LogP contribution >= 0.6 is 11.8 Å². The molecule has 0 atom stereocenters. The molecule has 0 saturated heterocycles. The summed E-state index contributed by atoms with van der Waals surface area (Å²) in [5.74, 6) is -0.0810. The molecule has 6 nitrogen and oxygen atoms in total. The molecule has 0 saturated carbocycles. The lowest BCUT2D eigenvalue weighted by molar-refractivity contribution is 0.0664. The van der Waals surface area contributed by atoms with Crippen molar-refractivity contribution >= 4 is 34.5 Å². The molecule has 1 aliphatic heterocycles. The number of hydrogen-bond donors (Lipinski definition) is 0. The molecule has 0 radical (unpaired) electrons. The van der Waals surface area contributed by atoms with Crippen molar-refractivity contribution in [1.29, 1.82) is 0 Å². The van der Waals surface area contributed by atoms with Gasteiger partial charge in [-0.15, -0.1) is 0 Å². The van der Waals surface area contributed by atoms with Crippen molar-refractivity contribution in [3.63, 3.8) is 0 Å². The molecule has 2 aromatic carbocycles. The maximum Gasteiger partial charge on any atom is 0.261 e. The molecule has 1 aromatic heterocycles. The standard InChI is InChI=1S/C19H15N3O3S/c1-21-16(23)14-8-4-5-9-15(14)20-19(21)26-11-10-22-17(24)12-6-2-3-7-13(12)18(22)25/h2-9H,10-11H2,1H3. The fourth-order valence-electron chi connectivity index (χ4n) is 3.00. The number of aromatic nitrogens is 2. The van der Waals surface area contributed by atoms with E-state index in [4.69, 9.17) is 0 Å². The van der Waals surface area contributed by atoms with Crippen LogP contribution in [0.1, 0.15) is 20.7 Å². The molecule has 0 fully saturated rings. The van der Waals surface area contributed by atoms with Crippen molar-refractivity contribution < 1.29 is 9.59 Å². The average molecular weight is 365 g/mol. The number of imide groups is 1. The summed E-state index contributed by atoms with van der Waals surface area (Å²) in [6.07, 6.45) is 0. The van der Waals surface area contributed by atoms with Gasteiger partial charge in [-0.3, -0.25) is 23.9 Å². The Kier molecular flexibility index (Phi) is 4.08. The van der Waals surface area contributed by atoms with E-state index >= 15 is 0 Å². The van der Waals surface area contributed by atoms with E-state index < -0.39 is 0 Å². The maximum absolute atomic E-state index is 12.4. The van der Waals surface area contributed by atoms with Crippen LogP contribution in [0.3, 0.4) is 0 Å². The first kappa shape index (κ1) is 16.5. The lowest BCUT2D eigenvalue weighted by atomic mass is 10.1. The molecule has 3 aromatic rings. The normalized spacial score (nSPS) is 13.5. The summed E-state index contributed by atoms with van der Waals surface area (Å²) >= 11 is 1.35. The lowest BCUT2D eigenvalue weighted by Crippen LogP contribution is -2.32. The van der Waals surface area contributed by atoms with Crippen LogP contribution in [0.2, 0.25) is 0 Å². The fourth-order valence-corrected chi connectivity index (χ4v) is 3.89. The fraction of sp³-hybridized carbons (Fsp3) is 0.158. The third-order valence-electron chi connectivity index (χ3n) is 4.37. The molecule has 2 amide bonds. The average Bonchev–Trinajstić information content (AvgIpc) is 2.91. The van der Waals surface area contributed by atoms with E-state index in [2.05, 4.69) is 4.98 Å². The summed E-state index contributed by atoms with van der Waals surface area (Å²) < 4.78 is 1.50. The highest BCUT2D eigenvalue weighted by Gasteiger charge is 2.34. The number of nitrogens with zero attached hydrogens (tertiary/aromatic N) is 3. The Morgan fingerprint density at radius 2 is 1.54 bits per heavy atom. The second-order valence-electron chi connectivity index (χ2n) is 5.93. The van der Waals surface area contributed by atoms with Gasteiger partial charge in [0.1, 0.15) is 0 Å². The Morgan fingerprint density at radius 1 is 0.923 bits per heavy atom. The molecule has 0 aliphatic carbocycles. The van der Waals surface area contributed by atoms with Crippen molar-refractivity contribution in [2.24, 2.45) is 7.05 Å². The molecule has 0 bridgehead atoms. The van der Waals surface area contributed by atoms with Gasteiger partial charge < -0.3 is 0 Å². The SMILES string of the molecule is Cn1c(SCCN2C(=O)c3ccccc3C2=O)nc2ccccc2c1=O. The van der Waals surface area contributed by atoms with E-state index in [0.717, 1.165) is 0 Å². The minimum atomic E-state index is -0.272. The van der Waals surface area contributed by atoms with E-state index in [-0.39, 0.29) is 23.9 Å². The van der Waals surface area contributed by atoms with Crippen molar-refractivity contribution in [1.82, 2.24) is 14.5 Å². The maximum atomic E-state index is 12.4. The third kappa shape index (κ3) is 2.61. The van der Waals surface area contributed by atoms with Gasteiger partial charge in [0.2, 0.25) is 0 Å². The zero-order valence-corrected chi connectivity index (χ0v) is 14.8. The van der Waals surface area contributed by atoms with Crippen LogP contribution in [0.5, 0.6) is 0 Å². The van der Waals surface area contributed by atoms with Crippen molar-refractivity contribution in [2.75, 3.05) is 12.3 Å². The Balaban J connectivity index is 1.52. The van der Waals surface area contributed by atoms with E-state index in [1.165, 1.54) is 21.2 Å². The van der Waals surface area contributed by atoms with Crippen LogP contribution in [0.15, 0.2) is 58.5 Å². The zero-order valence-electron chi connectivity index (χ0n) is 14.0. The van der Waals surface area contributed by atoms with E-state index in [0.29, 0.717) is 32.9 Å². The van der Waals surface area contributed by atoms with Crippen molar-refractivity contribution in [2.45, 2.75) is 5.16 Å². The topological polar surface area (TPSA) is 72.3 Å². The zero-order chi connectivity index (χ0) is 18.3. The van der Waals surface area contributed by atoms with Crippen LogP contribution in [0.4, 0.5) is 0 Å². The van der Waals surface area contributed by atoms with Gasteiger partial charge in [-0.05, 0) is 24.3 Å². The summed E-state index contributed by atoms with van der Waals surface area (Å²) in [5, 5.41) is 1.13. The molecule has 7 heteroatoms. The van der Waals surface area contributed by atoms with E-state index in [1.807, 2.05) is 6.07 Å². The number of benzene rings is 2. The summed E-state index contributed by atoms with van der Waals surface area (Å²) in [7, 11) is 1.67. The predicted molar refractivity (Wildman–Crippen MR) is 99.5 cm³/mol. The number of hydrogen-bond acceptors (Lipinski definition) is 5. The van der Waals surface area contributed by atoms with Crippen LogP contribution in [-0.2, 0) is 7.05 Å². The Labute approximate surface area is 153 Å². The van der Waals surface area contributed by atoms with Gasteiger partial charge in [0.25, 0.3) is 17.4 Å². The largest absolute Gasteiger partial charge is 0.290 e. The molecule has 1 aliphatic rings. The Bertz CT molecular complexity index is 1070. The summed E-state index contributed by atoms with van der Waals surface area (Å²) in [4.78, 5) is 42.9. The number of carbonyl (C=O) groups excluding carboxylic acids is 2. The number of fused-ring (bicyclic) bond motifs is 2.